The first-order chi connectivity index (χ1) is 9.24. The molecule has 3 rings (SSSR count). The van der Waals surface area contributed by atoms with E-state index >= 15 is 0 Å². The maximum absolute atomic E-state index is 12.6. The van der Waals surface area contributed by atoms with Crippen LogP contribution in [-0.2, 0) is 4.79 Å². The molecule has 0 aromatic carbocycles. The Kier molecular flexibility index (Phi) is 4.11. The SMILES string of the molecule is NC1CCCC(CC(=O)N2CCCC3CCCC32)C1. The van der Waals surface area contributed by atoms with Crippen molar-refractivity contribution in [2.24, 2.45) is 17.6 Å². The maximum atomic E-state index is 12.6. The van der Waals surface area contributed by atoms with Crippen LogP contribution < -0.4 is 5.73 Å². The normalized spacial score (nSPS) is 39.1. The Balaban J connectivity index is 1.57. The summed E-state index contributed by atoms with van der Waals surface area (Å²) in [5.41, 5.74) is 6.04. The van der Waals surface area contributed by atoms with Crippen LogP contribution in [0.5, 0.6) is 0 Å². The molecule has 2 saturated carbocycles. The lowest BCUT2D eigenvalue weighted by Crippen LogP contribution is -2.47. The van der Waals surface area contributed by atoms with Crippen molar-refractivity contribution in [3.05, 3.63) is 0 Å². The van der Waals surface area contributed by atoms with E-state index in [4.69, 9.17) is 5.73 Å². The van der Waals surface area contributed by atoms with Crippen molar-refractivity contribution < 1.29 is 4.79 Å². The van der Waals surface area contributed by atoms with Crippen LogP contribution in [0.1, 0.15) is 64.2 Å². The van der Waals surface area contributed by atoms with Crippen molar-refractivity contribution in [3.8, 4) is 0 Å². The van der Waals surface area contributed by atoms with Crippen LogP contribution in [-0.4, -0.2) is 29.4 Å². The molecule has 0 aromatic rings. The summed E-state index contributed by atoms with van der Waals surface area (Å²) in [5, 5.41) is 0. The van der Waals surface area contributed by atoms with E-state index in [2.05, 4.69) is 4.90 Å². The molecular formula is C16H28N2O. The standard InChI is InChI=1S/C16H28N2O/c17-14-7-1-4-12(10-14)11-16(19)18-9-3-6-13-5-2-8-15(13)18/h12-15H,1-11,17H2. The number of rotatable bonds is 2. The number of nitrogens with zero attached hydrogens (tertiary/aromatic N) is 1. The van der Waals surface area contributed by atoms with Gasteiger partial charge in [0.25, 0.3) is 0 Å². The van der Waals surface area contributed by atoms with Crippen LogP contribution in [0.25, 0.3) is 0 Å². The predicted molar refractivity (Wildman–Crippen MR) is 76.6 cm³/mol. The molecule has 3 heteroatoms. The third kappa shape index (κ3) is 2.96. The van der Waals surface area contributed by atoms with E-state index < -0.39 is 0 Å². The molecule has 0 bridgehead atoms. The molecule has 0 spiro atoms. The van der Waals surface area contributed by atoms with Gasteiger partial charge in [-0.1, -0.05) is 12.8 Å². The van der Waals surface area contributed by atoms with Gasteiger partial charge in [-0.2, -0.15) is 0 Å². The summed E-state index contributed by atoms with van der Waals surface area (Å²) in [7, 11) is 0. The average molecular weight is 264 g/mol. The molecule has 4 unspecified atom stereocenters. The van der Waals surface area contributed by atoms with Gasteiger partial charge >= 0.3 is 0 Å². The van der Waals surface area contributed by atoms with Crippen LogP contribution in [0, 0.1) is 11.8 Å². The topological polar surface area (TPSA) is 46.3 Å². The Morgan fingerprint density at radius 2 is 1.84 bits per heavy atom. The first kappa shape index (κ1) is 13.4. The van der Waals surface area contributed by atoms with E-state index in [1.54, 1.807) is 0 Å². The average Bonchev–Trinajstić information content (AvgIpc) is 2.86. The number of nitrogens with two attached hydrogens (primary N) is 1. The molecule has 2 aliphatic carbocycles. The van der Waals surface area contributed by atoms with Gasteiger partial charge in [-0.15, -0.1) is 0 Å². The van der Waals surface area contributed by atoms with Gasteiger partial charge in [0.2, 0.25) is 5.91 Å². The molecule has 1 amide bonds. The van der Waals surface area contributed by atoms with E-state index in [1.807, 2.05) is 0 Å². The molecule has 3 fully saturated rings. The minimum Gasteiger partial charge on any atom is -0.339 e. The first-order valence-electron chi connectivity index (χ1n) is 8.29. The molecule has 108 valence electrons. The molecule has 3 nitrogen and oxygen atoms in total. The van der Waals surface area contributed by atoms with Gasteiger partial charge in [-0.05, 0) is 56.8 Å². The van der Waals surface area contributed by atoms with Crippen molar-refractivity contribution in [2.75, 3.05) is 6.54 Å². The molecule has 0 aromatic heterocycles. The summed E-state index contributed by atoms with van der Waals surface area (Å²) in [4.78, 5) is 14.8. The number of carbonyl (C=O) groups excluding carboxylic acids is 1. The number of piperidine rings is 1. The first-order valence-corrected chi connectivity index (χ1v) is 8.29. The number of hydrogen-bond donors (Lipinski definition) is 1. The van der Waals surface area contributed by atoms with E-state index in [9.17, 15) is 4.79 Å². The molecule has 4 atom stereocenters. The smallest absolute Gasteiger partial charge is 0.223 e. The molecule has 1 saturated heterocycles. The highest BCUT2D eigenvalue weighted by molar-refractivity contribution is 5.77. The van der Waals surface area contributed by atoms with E-state index in [1.165, 1.54) is 44.9 Å². The predicted octanol–water partition coefficient (Wildman–Crippen LogP) is 2.69. The lowest BCUT2D eigenvalue weighted by Gasteiger charge is -2.39. The van der Waals surface area contributed by atoms with Gasteiger partial charge in [-0.3, -0.25) is 4.79 Å². The zero-order valence-corrected chi connectivity index (χ0v) is 12.0. The Labute approximate surface area is 116 Å². The van der Waals surface area contributed by atoms with Gasteiger partial charge < -0.3 is 10.6 Å². The lowest BCUT2D eigenvalue weighted by molar-refractivity contribution is -0.137. The minimum atomic E-state index is 0.340. The zero-order chi connectivity index (χ0) is 13.2. The van der Waals surface area contributed by atoms with E-state index in [-0.39, 0.29) is 0 Å². The summed E-state index contributed by atoms with van der Waals surface area (Å²) >= 11 is 0. The second-order valence-electron chi connectivity index (χ2n) is 6.98. The highest BCUT2D eigenvalue weighted by atomic mass is 16.2. The van der Waals surface area contributed by atoms with Crippen LogP contribution >= 0.6 is 0 Å². The van der Waals surface area contributed by atoms with E-state index in [0.717, 1.165) is 31.7 Å². The van der Waals surface area contributed by atoms with Gasteiger partial charge in [0.1, 0.15) is 0 Å². The number of amides is 1. The number of carbonyl (C=O) groups is 1. The number of likely N-dealkylation sites (tertiary alicyclic amines) is 1. The summed E-state index contributed by atoms with van der Waals surface area (Å²) in [6, 6.07) is 0.922. The summed E-state index contributed by atoms with van der Waals surface area (Å²) in [6.07, 6.45) is 11.9. The quantitative estimate of drug-likeness (QED) is 0.833. The third-order valence-corrected chi connectivity index (χ3v) is 5.60. The Hall–Kier alpha value is -0.570. The van der Waals surface area contributed by atoms with Crippen LogP contribution in [0.15, 0.2) is 0 Å². The van der Waals surface area contributed by atoms with Crippen molar-refractivity contribution in [1.29, 1.82) is 0 Å². The summed E-state index contributed by atoms with van der Waals surface area (Å²) in [6.45, 7) is 1.01. The highest BCUT2D eigenvalue weighted by Crippen LogP contribution is 2.37. The van der Waals surface area contributed by atoms with Gasteiger partial charge in [0.15, 0.2) is 0 Å². The maximum Gasteiger partial charge on any atom is 0.223 e. The third-order valence-electron chi connectivity index (χ3n) is 5.60. The minimum absolute atomic E-state index is 0.340. The van der Waals surface area contributed by atoms with Crippen molar-refractivity contribution in [1.82, 2.24) is 4.90 Å². The fraction of sp³-hybridized carbons (Fsp3) is 0.938. The summed E-state index contributed by atoms with van der Waals surface area (Å²) < 4.78 is 0. The monoisotopic (exact) mass is 264 g/mol. The molecule has 1 aliphatic heterocycles. The number of hydrogen-bond acceptors (Lipinski definition) is 2. The summed E-state index contributed by atoms with van der Waals surface area (Å²) in [5.74, 6) is 1.79. The fourth-order valence-electron chi connectivity index (χ4n) is 4.65. The largest absolute Gasteiger partial charge is 0.339 e. The zero-order valence-electron chi connectivity index (χ0n) is 12.0. The van der Waals surface area contributed by atoms with Crippen molar-refractivity contribution in [3.63, 3.8) is 0 Å². The molecule has 0 radical (unpaired) electrons. The van der Waals surface area contributed by atoms with Crippen LogP contribution in [0.4, 0.5) is 0 Å². The van der Waals surface area contributed by atoms with Crippen molar-refractivity contribution in [2.45, 2.75) is 76.3 Å². The molecule has 19 heavy (non-hydrogen) atoms. The Bertz CT molecular complexity index is 331. The molecule has 2 N–H and O–H groups in total. The Morgan fingerprint density at radius 1 is 1.05 bits per heavy atom. The van der Waals surface area contributed by atoms with E-state index in [0.29, 0.717) is 23.9 Å². The second kappa shape index (κ2) is 5.82. The van der Waals surface area contributed by atoms with Crippen molar-refractivity contribution >= 4 is 5.91 Å². The molecule has 3 aliphatic rings. The second-order valence-corrected chi connectivity index (χ2v) is 6.98. The van der Waals surface area contributed by atoms with Crippen LogP contribution in [0.3, 0.4) is 0 Å². The lowest BCUT2D eigenvalue weighted by atomic mass is 9.83. The molecule has 1 heterocycles. The van der Waals surface area contributed by atoms with Gasteiger partial charge in [0.05, 0.1) is 0 Å². The highest BCUT2D eigenvalue weighted by Gasteiger charge is 2.37. The Morgan fingerprint density at radius 3 is 2.68 bits per heavy atom. The van der Waals surface area contributed by atoms with Gasteiger partial charge in [-0.25, -0.2) is 0 Å². The van der Waals surface area contributed by atoms with Crippen LogP contribution in [0.2, 0.25) is 0 Å². The number of fused-ring (bicyclic) bond motifs is 1. The fourth-order valence-corrected chi connectivity index (χ4v) is 4.65. The molecular weight excluding hydrogens is 236 g/mol. The van der Waals surface area contributed by atoms with Gasteiger partial charge in [0, 0.05) is 25.0 Å².